The molecule has 1 aromatic rings. The van der Waals surface area contributed by atoms with E-state index in [0.717, 1.165) is 18.5 Å². The van der Waals surface area contributed by atoms with Gasteiger partial charge in [0.05, 0.1) is 0 Å². The Kier molecular flexibility index (Phi) is 4.31. The van der Waals surface area contributed by atoms with Gasteiger partial charge in [-0.25, -0.2) is 4.39 Å². The van der Waals surface area contributed by atoms with Crippen molar-refractivity contribution in [1.82, 2.24) is 10.6 Å². The van der Waals surface area contributed by atoms with Crippen LogP contribution in [0.3, 0.4) is 0 Å². The summed E-state index contributed by atoms with van der Waals surface area (Å²) in [5.41, 5.74) is 1.22. The number of hydrogen-bond donors (Lipinski definition) is 2. The summed E-state index contributed by atoms with van der Waals surface area (Å²) < 4.78 is 13.1. The first-order chi connectivity index (χ1) is 8.66. The van der Waals surface area contributed by atoms with Crippen LogP contribution in [-0.2, 0) is 0 Å². The van der Waals surface area contributed by atoms with Crippen LogP contribution in [0.5, 0.6) is 0 Å². The molecule has 0 radical (unpaired) electrons. The maximum absolute atomic E-state index is 13.1. The number of benzene rings is 1. The molecule has 1 aliphatic heterocycles. The van der Waals surface area contributed by atoms with E-state index in [4.69, 9.17) is 0 Å². The molecule has 1 atom stereocenters. The minimum absolute atomic E-state index is 0.195. The Labute approximate surface area is 107 Å². The van der Waals surface area contributed by atoms with E-state index in [1.165, 1.54) is 25.0 Å². The third kappa shape index (κ3) is 3.29. The van der Waals surface area contributed by atoms with Gasteiger partial charge in [0.25, 0.3) is 5.91 Å². The van der Waals surface area contributed by atoms with E-state index < -0.39 is 0 Å². The van der Waals surface area contributed by atoms with E-state index in [0.29, 0.717) is 18.2 Å². The zero-order valence-electron chi connectivity index (χ0n) is 10.6. The number of halogens is 1. The van der Waals surface area contributed by atoms with Crippen molar-refractivity contribution in [3.8, 4) is 0 Å². The Morgan fingerprint density at radius 2 is 2.33 bits per heavy atom. The van der Waals surface area contributed by atoms with Crippen molar-refractivity contribution in [3.05, 3.63) is 35.1 Å². The molecule has 1 unspecified atom stereocenters. The van der Waals surface area contributed by atoms with Gasteiger partial charge < -0.3 is 10.6 Å². The van der Waals surface area contributed by atoms with E-state index in [2.05, 4.69) is 10.6 Å². The maximum Gasteiger partial charge on any atom is 0.251 e. The van der Waals surface area contributed by atoms with Crippen LogP contribution >= 0.6 is 0 Å². The molecule has 0 bridgehead atoms. The second kappa shape index (κ2) is 5.96. The van der Waals surface area contributed by atoms with Crippen molar-refractivity contribution in [2.45, 2.75) is 32.2 Å². The molecule has 3 nitrogen and oxygen atoms in total. The van der Waals surface area contributed by atoms with Crippen molar-refractivity contribution in [2.75, 3.05) is 13.1 Å². The molecule has 1 aliphatic rings. The minimum atomic E-state index is -0.374. The van der Waals surface area contributed by atoms with Crippen molar-refractivity contribution >= 4 is 5.91 Å². The van der Waals surface area contributed by atoms with E-state index in [1.54, 1.807) is 6.07 Å². The number of carbonyl (C=O) groups is 1. The molecule has 1 heterocycles. The smallest absolute Gasteiger partial charge is 0.251 e. The Morgan fingerprint density at radius 1 is 1.50 bits per heavy atom. The van der Waals surface area contributed by atoms with Crippen LogP contribution in [0.15, 0.2) is 18.2 Å². The topological polar surface area (TPSA) is 41.1 Å². The lowest BCUT2D eigenvalue weighted by Crippen LogP contribution is -2.43. The Bertz CT molecular complexity index is 428. The molecule has 0 aromatic heterocycles. The SMILES string of the molecule is Cc1ccc(F)cc1C(=O)NCC1CCCCN1. The second-order valence-electron chi connectivity index (χ2n) is 4.82. The number of hydrogen-bond acceptors (Lipinski definition) is 2. The first-order valence-electron chi connectivity index (χ1n) is 6.44. The summed E-state index contributed by atoms with van der Waals surface area (Å²) in [5.74, 6) is -0.569. The number of amides is 1. The van der Waals surface area contributed by atoms with E-state index in [-0.39, 0.29) is 11.7 Å². The number of aryl methyl sites for hydroxylation is 1. The van der Waals surface area contributed by atoms with Crippen LogP contribution in [0.1, 0.15) is 35.2 Å². The predicted molar refractivity (Wildman–Crippen MR) is 69.1 cm³/mol. The molecule has 2 rings (SSSR count). The van der Waals surface area contributed by atoms with Crippen molar-refractivity contribution < 1.29 is 9.18 Å². The minimum Gasteiger partial charge on any atom is -0.350 e. The molecule has 1 saturated heterocycles. The molecule has 0 saturated carbocycles. The van der Waals surface area contributed by atoms with E-state index >= 15 is 0 Å². The first-order valence-corrected chi connectivity index (χ1v) is 6.44. The zero-order chi connectivity index (χ0) is 13.0. The van der Waals surface area contributed by atoms with Crippen LogP contribution in [0, 0.1) is 12.7 Å². The Hall–Kier alpha value is -1.42. The fourth-order valence-corrected chi connectivity index (χ4v) is 2.25. The summed E-state index contributed by atoms with van der Waals surface area (Å²) in [6.07, 6.45) is 3.49. The van der Waals surface area contributed by atoms with E-state index in [1.807, 2.05) is 6.92 Å². The fourth-order valence-electron chi connectivity index (χ4n) is 2.25. The van der Waals surface area contributed by atoms with Crippen LogP contribution in [-0.4, -0.2) is 25.0 Å². The van der Waals surface area contributed by atoms with E-state index in [9.17, 15) is 9.18 Å². The molecule has 18 heavy (non-hydrogen) atoms. The lowest BCUT2D eigenvalue weighted by molar-refractivity contribution is 0.0946. The Balaban J connectivity index is 1.92. The molecule has 98 valence electrons. The highest BCUT2D eigenvalue weighted by Crippen LogP contribution is 2.10. The molecular formula is C14H19FN2O. The maximum atomic E-state index is 13.1. The highest BCUT2D eigenvalue weighted by Gasteiger charge is 2.15. The second-order valence-corrected chi connectivity index (χ2v) is 4.82. The zero-order valence-corrected chi connectivity index (χ0v) is 10.6. The molecule has 1 aromatic carbocycles. The summed E-state index contributed by atoms with van der Waals surface area (Å²) in [7, 11) is 0. The standard InChI is InChI=1S/C14H19FN2O/c1-10-5-6-11(15)8-13(10)14(18)17-9-12-4-2-3-7-16-12/h5-6,8,12,16H,2-4,7,9H2,1H3,(H,17,18). The number of piperidine rings is 1. The van der Waals surface area contributed by atoms with Gasteiger partial charge in [-0.2, -0.15) is 0 Å². The molecule has 1 fully saturated rings. The molecule has 0 spiro atoms. The third-order valence-corrected chi connectivity index (χ3v) is 3.37. The molecular weight excluding hydrogens is 231 g/mol. The van der Waals surface area contributed by atoms with Crippen LogP contribution in [0.2, 0.25) is 0 Å². The van der Waals surface area contributed by atoms with Gasteiger partial charge in [-0.1, -0.05) is 12.5 Å². The molecule has 1 amide bonds. The van der Waals surface area contributed by atoms with Crippen LogP contribution < -0.4 is 10.6 Å². The summed E-state index contributed by atoms with van der Waals surface area (Å²) >= 11 is 0. The van der Waals surface area contributed by atoms with Crippen molar-refractivity contribution in [1.29, 1.82) is 0 Å². The molecule has 0 aliphatic carbocycles. The molecule has 4 heteroatoms. The van der Waals surface area contributed by atoms with Crippen molar-refractivity contribution in [2.24, 2.45) is 0 Å². The van der Waals surface area contributed by atoms with Gasteiger partial charge in [-0.3, -0.25) is 4.79 Å². The predicted octanol–water partition coefficient (Wildman–Crippen LogP) is 2.01. The lowest BCUT2D eigenvalue weighted by atomic mass is 10.0. The summed E-state index contributed by atoms with van der Waals surface area (Å²) in [5, 5.41) is 6.23. The molecule has 2 N–H and O–H groups in total. The van der Waals surface area contributed by atoms with Gasteiger partial charge in [-0.05, 0) is 44.0 Å². The summed E-state index contributed by atoms with van der Waals surface area (Å²) in [6.45, 7) is 3.43. The number of rotatable bonds is 3. The van der Waals surface area contributed by atoms with Crippen LogP contribution in [0.25, 0.3) is 0 Å². The first kappa shape index (κ1) is 13.0. The average Bonchev–Trinajstić information content (AvgIpc) is 2.40. The van der Waals surface area contributed by atoms with Gasteiger partial charge in [0.2, 0.25) is 0 Å². The summed E-state index contributed by atoms with van der Waals surface area (Å²) in [6, 6.07) is 4.63. The van der Waals surface area contributed by atoms with Gasteiger partial charge in [0.15, 0.2) is 0 Å². The number of carbonyl (C=O) groups excluding carboxylic acids is 1. The summed E-state index contributed by atoms with van der Waals surface area (Å²) in [4.78, 5) is 12.0. The normalized spacial score (nSPS) is 19.6. The Morgan fingerprint density at radius 3 is 3.06 bits per heavy atom. The van der Waals surface area contributed by atoms with Gasteiger partial charge in [0.1, 0.15) is 5.82 Å². The van der Waals surface area contributed by atoms with Crippen molar-refractivity contribution in [3.63, 3.8) is 0 Å². The fraction of sp³-hybridized carbons (Fsp3) is 0.500. The van der Waals surface area contributed by atoms with Gasteiger partial charge >= 0.3 is 0 Å². The quantitative estimate of drug-likeness (QED) is 0.861. The van der Waals surface area contributed by atoms with Gasteiger partial charge in [0, 0.05) is 18.2 Å². The third-order valence-electron chi connectivity index (χ3n) is 3.37. The largest absolute Gasteiger partial charge is 0.350 e. The number of nitrogens with one attached hydrogen (secondary N) is 2. The highest BCUT2D eigenvalue weighted by atomic mass is 19.1. The van der Waals surface area contributed by atoms with Crippen LogP contribution in [0.4, 0.5) is 4.39 Å². The average molecular weight is 250 g/mol. The van der Waals surface area contributed by atoms with Gasteiger partial charge in [-0.15, -0.1) is 0 Å². The highest BCUT2D eigenvalue weighted by molar-refractivity contribution is 5.95. The lowest BCUT2D eigenvalue weighted by Gasteiger charge is -2.23. The monoisotopic (exact) mass is 250 g/mol.